The summed E-state index contributed by atoms with van der Waals surface area (Å²) in [4.78, 5) is 0. The Kier molecular flexibility index (Phi) is 5.60. The molecular weight excluding hydrogens is 302 g/mol. The van der Waals surface area contributed by atoms with Crippen molar-refractivity contribution in [2.45, 2.75) is 40.0 Å². The Morgan fingerprint density at radius 2 is 1.79 bits per heavy atom. The standard InChI is InChI=1S/C16H26BrNO/c1-12-6-7-13(17)8-14(12)16(4,5)10-18-9-15(2,3)11-19/h6-8,18-19H,9-11H2,1-5H3. The second-order valence-corrected chi connectivity index (χ2v) is 7.68. The van der Waals surface area contributed by atoms with Gasteiger partial charge in [0.05, 0.1) is 0 Å². The lowest BCUT2D eigenvalue weighted by Crippen LogP contribution is -2.39. The average Bonchev–Trinajstić information content (AvgIpc) is 2.31. The van der Waals surface area contributed by atoms with Gasteiger partial charge in [-0.25, -0.2) is 0 Å². The molecule has 2 N–H and O–H groups in total. The molecule has 0 bridgehead atoms. The third kappa shape index (κ3) is 4.90. The van der Waals surface area contributed by atoms with E-state index in [1.54, 1.807) is 0 Å². The van der Waals surface area contributed by atoms with E-state index in [4.69, 9.17) is 0 Å². The van der Waals surface area contributed by atoms with Gasteiger partial charge in [-0.15, -0.1) is 0 Å². The summed E-state index contributed by atoms with van der Waals surface area (Å²) in [5.74, 6) is 0. The average molecular weight is 328 g/mol. The molecular formula is C16H26BrNO. The van der Waals surface area contributed by atoms with Gasteiger partial charge in [0.1, 0.15) is 0 Å². The van der Waals surface area contributed by atoms with Gasteiger partial charge >= 0.3 is 0 Å². The fourth-order valence-electron chi connectivity index (χ4n) is 2.19. The number of hydrogen-bond donors (Lipinski definition) is 2. The molecule has 0 saturated carbocycles. The minimum atomic E-state index is -0.0671. The van der Waals surface area contributed by atoms with E-state index in [0.717, 1.165) is 17.6 Å². The maximum absolute atomic E-state index is 9.27. The van der Waals surface area contributed by atoms with E-state index in [2.05, 4.69) is 74.1 Å². The van der Waals surface area contributed by atoms with Crippen molar-refractivity contribution in [2.24, 2.45) is 5.41 Å². The lowest BCUT2D eigenvalue weighted by atomic mass is 9.81. The molecule has 1 aromatic rings. The van der Waals surface area contributed by atoms with Crippen LogP contribution < -0.4 is 5.32 Å². The van der Waals surface area contributed by atoms with Gasteiger partial charge in [-0.2, -0.15) is 0 Å². The molecule has 19 heavy (non-hydrogen) atoms. The number of benzene rings is 1. The second kappa shape index (κ2) is 6.38. The molecule has 3 heteroatoms. The summed E-state index contributed by atoms with van der Waals surface area (Å²) in [6, 6.07) is 6.43. The van der Waals surface area contributed by atoms with Gasteiger partial charge in [0.2, 0.25) is 0 Å². The Hall–Kier alpha value is -0.380. The highest BCUT2D eigenvalue weighted by atomic mass is 79.9. The summed E-state index contributed by atoms with van der Waals surface area (Å²) in [5.41, 5.74) is 2.68. The molecule has 0 heterocycles. The second-order valence-electron chi connectivity index (χ2n) is 6.77. The van der Waals surface area contributed by atoms with Crippen molar-refractivity contribution in [1.29, 1.82) is 0 Å². The molecule has 108 valence electrons. The van der Waals surface area contributed by atoms with Crippen LogP contribution in [0.1, 0.15) is 38.8 Å². The number of aliphatic hydroxyl groups excluding tert-OH is 1. The van der Waals surface area contributed by atoms with Crippen molar-refractivity contribution < 1.29 is 5.11 Å². The molecule has 0 atom stereocenters. The molecule has 1 aromatic carbocycles. The maximum atomic E-state index is 9.27. The van der Waals surface area contributed by atoms with Crippen LogP contribution in [0.15, 0.2) is 22.7 Å². The number of hydrogen-bond acceptors (Lipinski definition) is 2. The summed E-state index contributed by atoms with van der Waals surface area (Å²) >= 11 is 3.55. The van der Waals surface area contributed by atoms with E-state index in [0.29, 0.717) is 0 Å². The predicted molar refractivity (Wildman–Crippen MR) is 85.6 cm³/mol. The van der Waals surface area contributed by atoms with Crippen LogP contribution in [0.4, 0.5) is 0 Å². The molecule has 0 aliphatic rings. The lowest BCUT2D eigenvalue weighted by molar-refractivity contribution is 0.155. The first-order chi connectivity index (χ1) is 8.68. The highest BCUT2D eigenvalue weighted by Crippen LogP contribution is 2.28. The minimum absolute atomic E-state index is 0.0671. The maximum Gasteiger partial charge on any atom is 0.0494 e. The fourth-order valence-corrected chi connectivity index (χ4v) is 2.55. The smallest absolute Gasteiger partial charge is 0.0494 e. The SMILES string of the molecule is Cc1ccc(Br)cc1C(C)(C)CNCC(C)(C)CO. The van der Waals surface area contributed by atoms with Crippen molar-refractivity contribution in [3.05, 3.63) is 33.8 Å². The molecule has 0 spiro atoms. The van der Waals surface area contributed by atoms with Crippen LogP contribution in [0.2, 0.25) is 0 Å². The van der Waals surface area contributed by atoms with E-state index in [-0.39, 0.29) is 17.4 Å². The van der Waals surface area contributed by atoms with Crippen LogP contribution in [-0.2, 0) is 5.41 Å². The molecule has 0 aliphatic heterocycles. The van der Waals surface area contributed by atoms with Crippen LogP contribution in [0, 0.1) is 12.3 Å². The molecule has 2 nitrogen and oxygen atoms in total. The summed E-state index contributed by atoms with van der Waals surface area (Å²) < 4.78 is 1.12. The van der Waals surface area contributed by atoms with E-state index < -0.39 is 0 Å². The quantitative estimate of drug-likeness (QED) is 0.836. The highest BCUT2D eigenvalue weighted by Gasteiger charge is 2.24. The van der Waals surface area contributed by atoms with Gasteiger partial charge in [0.15, 0.2) is 0 Å². The van der Waals surface area contributed by atoms with Gasteiger partial charge in [-0.1, -0.05) is 49.7 Å². The molecule has 0 radical (unpaired) electrons. The first-order valence-electron chi connectivity index (χ1n) is 6.76. The highest BCUT2D eigenvalue weighted by molar-refractivity contribution is 9.10. The Morgan fingerprint density at radius 1 is 1.16 bits per heavy atom. The third-order valence-corrected chi connectivity index (χ3v) is 4.02. The zero-order valence-corrected chi connectivity index (χ0v) is 14.3. The number of rotatable bonds is 6. The largest absolute Gasteiger partial charge is 0.396 e. The summed E-state index contributed by atoms with van der Waals surface area (Å²) in [7, 11) is 0. The summed E-state index contributed by atoms with van der Waals surface area (Å²) in [6.45, 7) is 12.7. The monoisotopic (exact) mass is 327 g/mol. The first-order valence-corrected chi connectivity index (χ1v) is 7.55. The summed E-state index contributed by atoms with van der Waals surface area (Å²) in [5, 5.41) is 12.8. The zero-order chi connectivity index (χ0) is 14.7. The number of nitrogens with one attached hydrogen (secondary N) is 1. The molecule has 0 saturated heterocycles. The summed E-state index contributed by atoms with van der Waals surface area (Å²) in [6.07, 6.45) is 0. The van der Waals surface area contributed by atoms with Crippen LogP contribution in [0.25, 0.3) is 0 Å². The van der Waals surface area contributed by atoms with Crippen LogP contribution in [-0.4, -0.2) is 24.8 Å². The first kappa shape index (κ1) is 16.7. The van der Waals surface area contributed by atoms with Gasteiger partial charge in [0, 0.05) is 35.0 Å². The normalized spacial score (nSPS) is 12.8. The Bertz CT molecular complexity index is 427. The molecule has 0 unspecified atom stereocenters. The van der Waals surface area contributed by atoms with Crippen LogP contribution in [0.3, 0.4) is 0 Å². The van der Waals surface area contributed by atoms with Gasteiger partial charge in [-0.05, 0) is 30.2 Å². The lowest BCUT2D eigenvalue weighted by Gasteiger charge is -2.30. The molecule has 0 aromatic heterocycles. The van der Waals surface area contributed by atoms with E-state index in [9.17, 15) is 5.11 Å². The predicted octanol–water partition coefficient (Wildman–Crippen LogP) is 3.64. The Labute approximate surface area is 125 Å². The molecule has 1 rings (SSSR count). The number of aryl methyl sites for hydroxylation is 1. The van der Waals surface area contributed by atoms with Gasteiger partial charge in [-0.3, -0.25) is 0 Å². The Balaban J connectivity index is 2.73. The number of aliphatic hydroxyl groups is 1. The molecule has 0 aliphatic carbocycles. The van der Waals surface area contributed by atoms with E-state index >= 15 is 0 Å². The minimum Gasteiger partial charge on any atom is -0.396 e. The molecule has 0 amide bonds. The van der Waals surface area contributed by atoms with Crippen molar-refractivity contribution in [2.75, 3.05) is 19.7 Å². The third-order valence-electron chi connectivity index (χ3n) is 3.53. The van der Waals surface area contributed by atoms with E-state index in [1.807, 2.05) is 0 Å². The van der Waals surface area contributed by atoms with E-state index in [1.165, 1.54) is 11.1 Å². The van der Waals surface area contributed by atoms with Crippen LogP contribution in [0.5, 0.6) is 0 Å². The van der Waals surface area contributed by atoms with Crippen molar-refractivity contribution in [3.8, 4) is 0 Å². The van der Waals surface area contributed by atoms with Gasteiger partial charge < -0.3 is 10.4 Å². The zero-order valence-electron chi connectivity index (χ0n) is 12.7. The fraction of sp³-hybridized carbons (Fsp3) is 0.625. The van der Waals surface area contributed by atoms with Crippen molar-refractivity contribution in [1.82, 2.24) is 5.32 Å². The topological polar surface area (TPSA) is 32.3 Å². The number of halogens is 1. The van der Waals surface area contributed by atoms with Crippen LogP contribution >= 0.6 is 15.9 Å². The van der Waals surface area contributed by atoms with Gasteiger partial charge in [0.25, 0.3) is 0 Å². The Morgan fingerprint density at radius 3 is 2.37 bits per heavy atom. The molecule has 0 fully saturated rings. The van der Waals surface area contributed by atoms with Crippen molar-refractivity contribution in [3.63, 3.8) is 0 Å². The van der Waals surface area contributed by atoms with Crippen molar-refractivity contribution >= 4 is 15.9 Å².